The van der Waals surface area contributed by atoms with Gasteiger partial charge in [-0.2, -0.15) is 0 Å². The van der Waals surface area contributed by atoms with E-state index in [0.29, 0.717) is 0 Å². The highest BCUT2D eigenvalue weighted by molar-refractivity contribution is 9.10. The van der Waals surface area contributed by atoms with Crippen molar-refractivity contribution >= 4 is 33.7 Å². The van der Waals surface area contributed by atoms with Crippen LogP contribution in [0.2, 0.25) is 0 Å². The van der Waals surface area contributed by atoms with Gasteiger partial charge in [0.05, 0.1) is 4.47 Å². The smallest absolute Gasteiger partial charge is 0.328 e. The molecule has 0 aromatic heterocycles. The third-order valence-corrected chi connectivity index (χ3v) is 2.17. The van der Waals surface area contributed by atoms with E-state index in [-0.39, 0.29) is 15.7 Å². The average Bonchev–Trinajstić information content (AvgIpc) is 2.11. The zero-order chi connectivity index (χ0) is 10.7. The number of nitrogens with two attached hydrogens (primary N) is 1. The fraction of sp³-hybridized carbons (Fsp3) is 0. The van der Waals surface area contributed by atoms with Crippen molar-refractivity contribution in [1.82, 2.24) is 0 Å². The zero-order valence-corrected chi connectivity index (χ0v) is 8.58. The first-order chi connectivity index (χ1) is 6.52. The van der Waals surface area contributed by atoms with Crippen molar-refractivity contribution in [3.63, 3.8) is 0 Å². The predicted molar refractivity (Wildman–Crippen MR) is 55.2 cm³/mol. The number of carboxylic acids is 1. The maximum Gasteiger partial charge on any atom is 0.328 e. The van der Waals surface area contributed by atoms with Crippen molar-refractivity contribution in [3.8, 4) is 0 Å². The molecule has 0 aliphatic rings. The van der Waals surface area contributed by atoms with Crippen LogP contribution in [-0.2, 0) is 4.79 Å². The second-order valence-electron chi connectivity index (χ2n) is 2.54. The van der Waals surface area contributed by atoms with Crippen molar-refractivity contribution in [2.75, 3.05) is 5.73 Å². The van der Waals surface area contributed by atoms with Crippen LogP contribution in [0.1, 0.15) is 5.56 Å². The summed E-state index contributed by atoms with van der Waals surface area (Å²) in [5, 5.41) is 8.36. The van der Waals surface area contributed by atoms with Crippen LogP contribution in [-0.4, -0.2) is 11.1 Å². The van der Waals surface area contributed by atoms with E-state index in [4.69, 9.17) is 10.8 Å². The van der Waals surface area contributed by atoms with E-state index < -0.39 is 11.8 Å². The van der Waals surface area contributed by atoms with Gasteiger partial charge in [0.2, 0.25) is 0 Å². The number of hydrogen-bond acceptors (Lipinski definition) is 2. The second-order valence-corrected chi connectivity index (χ2v) is 3.39. The largest absolute Gasteiger partial charge is 0.478 e. The zero-order valence-electron chi connectivity index (χ0n) is 7.00. The number of carboxylic acid groups (broad SMARTS) is 1. The Bertz CT molecular complexity index is 404. The molecule has 1 aromatic carbocycles. The van der Waals surface area contributed by atoms with E-state index in [1.807, 2.05) is 0 Å². The van der Waals surface area contributed by atoms with E-state index in [0.717, 1.165) is 12.2 Å². The molecule has 0 bridgehead atoms. The van der Waals surface area contributed by atoms with Crippen molar-refractivity contribution in [2.24, 2.45) is 0 Å². The monoisotopic (exact) mass is 259 g/mol. The molecule has 0 aliphatic carbocycles. The summed E-state index contributed by atoms with van der Waals surface area (Å²) >= 11 is 2.98. The Morgan fingerprint density at radius 2 is 2.21 bits per heavy atom. The molecule has 0 spiro atoms. The van der Waals surface area contributed by atoms with Crippen LogP contribution in [0, 0.1) is 5.82 Å². The van der Waals surface area contributed by atoms with Gasteiger partial charge in [0.1, 0.15) is 5.82 Å². The van der Waals surface area contributed by atoms with Gasteiger partial charge in [-0.25, -0.2) is 9.18 Å². The molecule has 3 nitrogen and oxygen atoms in total. The van der Waals surface area contributed by atoms with Crippen LogP contribution < -0.4 is 5.73 Å². The molecule has 0 amide bonds. The molecule has 0 saturated carbocycles. The molecule has 0 radical (unpaired) electrons. The molecule has 0 atom stereocenters. The summed E-state index contributed by atoms with van der Waals surface area (Å²) in [5.74, 6) is -1.72. The van der Waals surface area contributed by atoms with Crippen LogP contribution in [0.4, 0.5) is 10.1 Å². The molecule has 5 heteroatoms. The molecule has 74 valence electrons. The van der Waals surface area contributed by atoms with E-state index >= 15 is 0 Å². The highest BCUT2D eigenvalue weighted by Gasteiger charge is 2.07. The van der Waals surface area contributed by atoms with Gasteiger partial charge >= 0.3 is 5.97 Å². The molecular weight excluding hydrogens is 253 g/mol. The third-order valence-electron chi connectivity index (χ3n) is 1.56. The lowest BCUT2D eigenvalue weighted by Crippen LogP contribution is -1.95. The Hall–Kier alpha value is -1.36. The van der Waals surface area contributed by atoms with Gasteiger partial charge < -0.3 is 10.8 Å². The fourth-order valence-electron chi connectivity index (χ4n) is 0.905. The van der Waals surface area contributed by atoms with Crippen molar-refractivity contribution in [1.29, 1.82) is 0 Å². The maximum atomic E-state index is 13.3. The van der Waals surface area contributed by atoms with Gasteiger partial charge in [0.25, 0.3) is 0 Å². The van der Waals surface area contributed by atoms with Crippen LogP contribution in [0.15, 0.2) is 22.7 Å². The van der Waals surface area contributed by atoms with Gasteiger partial charge in [-0.05, 0) is 34.1 Å². The highest BCUT2D eigenvalue weighted by Crippen LogP contribution is 2.24. The Labute approximate surface area is 88.2 Å². The number of rotatable bonds is 2. The summed E-state index contributed by atoms with van der Waals surface area (Å²) < 4.78 is 13.6. The summed E-state index contributed by atoms with van der Waals surface area (Å²) in [7, 11) is 0. The van der Waals surface area contributed by atoms with Crippen LogP contribution >= 0.6 is 15.9 Å². The first kappa shape index (κ1) is 10.7. The lowest BCUT2D eigenvalue weighted by Gasteiger charge is -2.03. The molecule has 0 unspecified atom stereocenters. The van der Waals surface area contributed by atoms with Gasteiger partial charge in [0.15, 0.2) is 0 Å². The normalized spacial score (nSPS) is 10.7. The van der Waals surface area contributed by atoms with Crippen LogP contribution in [0.5, 0.6) is 0 Å². The predicted octanol–water partition coefficient (Wildman–Crippen LogP) is 2.27. The van der Waals surface area contributed by atoms with E-state index in [2.05, 4.69) is 15.9 Å². The lowest BCUT2D eigenvalue weighted by atomic mass is 10.1. The summed E-state index contributed by atoms with van der Waals surface area (Å²) in [6.07, 6.45) is 1.96. The van der Waals surface area contributed by atoms with Gasteiger partial charge in [-0.15, -0.1) is 0 Å². The number of hydrogen-bond donors (Lipinski definition) is 2. The SMILES string of the molecule is Nc1ccc(Br)c(F)c1/C=C/C(=O)O. The number of benzene rings is 1. The molecular formula is C9H7BrFNO2. The quantitative estimate of drug-likeness (QED) is 0.633. The molecule has 0 aliphatic heterocycles. The van der Waals surface area contributed by atoms with E-state index in [9.17, 15) is 9.18 Å². The minimum Gasteiger partial charge on any atom is -0.478 e. The fourth-order valence-corrected chi connectivity index (χ4v) is 1.25. The molecule has 14 heavy (non-hydrogen) atoms. The number of anilines is 1. The Morgan fingerprint density at radius 1 is 1.57 bits per heavy atom. The second kappa shape index (κ2) is 4.23. The Kier molecular flexibility index (Phi) is 3.24. The highest BCUT2D eigenvalue weighted by atomic mass is 79.9. The van der Waals surface area contributed by atoms with Crippen molar-refractivity contribution < 1.29 is 14.3 Å². The standard InChI is InChI=1S/C9H7BrFNO2/c10-6-2-3-7(12)5(9(6)11)1-4-8(13)14/h1-4H,12H2,(H,13,14)/b4-1+. The van der Waals surface area contributed by atoms with Crippen LogP contribution in [0.25, 0.3) is 6.08 Å². The maximum absolute atomic E-state index is 13.3. The first-order valence-corrected chi connectivity index (χ1v) is 4.46. The Morgan fingerprint density at radius 3 is 2.79 bits per heavy atom. The molecule has 1 aromatic rings. The van der Waals surface area contributed by atoms with Crippen LogP contribution in [0.3, 0.4) is 0 Å². The summed E-state index contributed by atoms with van der Waals surface area (Å²) in [6, 6.07) is 2.96. The van der Waals surface area contributed by atoms with E-state index in [1.54, 1.807) is 0 Å². The Balaban J connectivity index is 3.19. The minimum atomic E-state index is -1.15. The number of carbonyl (C=O) groups is 1. The number of halogens is 2. The topological polar surface area (TPSA) is 63.3 Å². The summed E-state index contributed by atoms with van der Waals surface area (Å²) in [4.78, 5) is 10.2. The summed E-state index contributed by atoms with van der Waals surface area (Å²) in [5.41, 5.74) is 5.74. The lowest BCUT2D eigenvalue weighted by molar-refractivity contribution is -0.131. The molecule has 0 fully saturated rings. The van der Waals surface area contributed by atoms with Gasteiger partial charge in [-0.3, -0.25) is 0 Å². The average molecular weight is 260 g/mol. The molecule has 0 heterocycles. The third kappa shape index (κ3) is 2.32. The summed E-state index contributed by atoms with van der Waals surface area (Å²) in [6.45, 7) is 0. The number of nitrogen functional groups attached to an aromatic ring is 1. The van der Waals surface area contributed by atoms with Gasteiger partial charge in [-0.1, -0.05) is 0 Å². The van der Waals surface area contributed by atoms with Crippen molar-refractivity contribution in [2.45, 2.75) is 0 Å². The molecule has 0 saturated heterocycles. The molecule has 1 rings (SSSR count). The molecule has 3 N–H and O–H groups in total. The van der Waals surface area contributed by atoms with Gasteiger partial charge in [0, 0.05) is 17.3 Å². The first-order valence-electron chi connectivity index (χ1n) is 3.67. The van der Waals surface area contributed by atoms with Crippen molar-refractivity contribution in [3.05, 3.63) is 34.1 Å². The van der Waals surface area contributed by atoms with E-state index in [1.165, 1.54) is 12.1 Å². The minimum absolute atomic E-state index is 0.0711. The number of aliphatic carboxylic acids is 1.